The fourth-order valence-electron chi connectivity index (χ4n) is 1.33. The molecule has 0 bridgehead atoms. The summed E-state index contributed by atoms with van der Waals surface area (Å²) in [6.07, 6.45) is 3.72. The molecular weight excluding hydrogens is 218 g/mol. The molecule has 0 unspecified atom stereocenters. The van der Waals surface area contributed by atoms with Gasteiger partial charge in [0.2, 0.25) is 0 Å². The number of nitrogens with zero attached hydrogens (tertiary/aromatic N) is 2. The van der Waals surface area contributed by atoms with Crippen LogP contribution in [0.15, 0.2) is 5.16 Å². The molecule has 1 aliphatic rings. The van der Waals surface area contributed by atoms with Crippen molar-refractivity contribution in [1.82, 2.24) is 4.90 Å². The zero-order valence-corrected chi connectivity index (χ0v) is 9.61. The van der Waals surface area contributed by atoms with Gasteiger partial charge in [-0.1, -0.05) is 29.1 Å². The summed E-state index contributed by atoms with van der Waals surface area (Å²) in [5.74, 6) is 0.681. The Kier molecular flexibility index (Phi) is 5.03. The van der Waals surface area contributed by atoms with E-state index in [0.717, 1.165) is 17.4 Å². The Balaban J connectivity index is 2.26. The van der Waals surface area contributed by atoms with Crippen LogP contribution >= 0.6 is 24.0 Å². The monoisotopic (exact) mass is 233 g/mol. The fraction of sp³-hybridized carbons (Fsp3) is 0.750. The van der Waals surface area contributed by atoms with Crippen LogP contribution in [0.1, 0.15) is 19.3 Å². The molecule has 3 N–H and O–H groups in total. The summed E-state index contributed by atoms with van der Waals surface area (Å²) in [7, 11) is 0. The van der Waals surface area contributed by atoms with E-state index in [4.69, 9.17) is 23.2 Å². The Bertz CT molecular complexity index is 227. The van der Waals surface area contributed by atoms with Crippen LogP contribution in [0, 0.1) is 0 Å². The minimum atomic E-state index is 0.217. The third kappa shape index (κ3) is 3.71. The maximum Gasteiger partial charge on any atom is 0.149 e. The van der Waals surface area contributed by atoms with Gasteiger partial charge in [-0.3, -0.25) is 0 Å². The maximum atomic E-state index is 8.35. The summed E-state index contributed by atoms with van der Waals surface area (Å²) in [6, 6.07) is 0. The quantitative estimate of drug-likeness (QED) is 0.247. The number of oxime groups is 1. The molecule has 0 amide bonds. The van der Waals surface area contributed by atoms with Gasteiger partial charge in [0.15, 0.2) is 0 Å². The Morgan fingerprint density at radius 2 is 2.07 bits per heavy atom. The third-order valence-corrected chi connectivity index (χ3v) is 3.64. The standard InChI is InChI=1S/C8H15N3OS2/c9-7(10-12)6-14-8(13)11-4-2-1-3-5-11/h12H,1-6H2,(H2,9,10). The highest BCUT2D eigenvalue weighted by Gasteiger charge is 2.13. The summed E-state index contributed by atoms with van der Waals surface area (Å²) in [5.41, 5.74) is 5.35. The van der Waals surface area contributed by atoms with Gasteiger partial charge in [-0.25, -0.2) is 0 Å². The van der Waals surface area contributed by atoms with Crippen LogP contribution in [0.25, 0.3) is 0 Å². The number of hydrogen-bond acceptors (Lipinski definition) is 4. The van der Waals surface area contributed by atoms with E-state index in [1.807, 2.05) is 0 Å². The Morgan fingerprint density at radius 3 is 2.64 bits per heavy atom. The van der Waals surface area contributed by atoms with Gasteiger partial charge >= 0.3 is 0 Å². The van der Waals surface area contributed by atoms with Crippen LogP contribution in [0.2, 0.25) is 0 Å². The minimum Gasteiger partial charge on any atom is -0.409 e. The van der Waals surface area contributed by atoms with E-state index >= 15 is 0 Å². The first kappa shape index (κ1) is 11.6. The molecule has 0 aliphatic carbocycles. The molecule has 0 saturated carbocycles. The first-order valence-corrected chi connectivity index (χ1v) is 6.01. The van der Waals surface area contributed by atoms with Gasteiger partial charge < -0.3 is 15.8 Å². The topological polar surface area (TPSA) is 61.8 Å². The van der Waals surface area contributed by atoms with Crippen molar-refractivity contribution < 1.29 is 5.21 Å². The number of hydrogen-bond donors (Lipinski definition) is 2. The molecule has 0 aromatic carbocycles. The second kappa shape index (κ2) is 6.08. The summed E-state index contributed by atoms with van der Waals surface area (Å²) in [6.45, 7) is 2.09. The number of amidine groups is 1. The third-order valence-electron chi connectivity index (χ3n) is 2.09. The molecule has 4 nitrogen and oxygen atoms in total. The van der Waals surface area contributed by atoms with Crippen molar-refractivity contribution in [2.24, 2.45) is 10.9 Å². The van der Waals surface area contributed by atoms with Crippen molar-refractivity contribution in [3.8, 4) is 0 Å². The maximum absolute atomic E-state index is 8.35. The van der Waals surface area contributed by atoms with E-state index in [-0.39, 0.29) is 5.84 Å². The average Bonchev–Trinajstić information content (AvgIpc) is 2.26. The van der Waals surface area contributed by atoms with Gasteiger partial charge in [-0.15, -0.1) is 0 Å². The van der Waals surface area contributed by atoms with E-state index < -0.39 is 0 Å². The average molecular weight is 233 g/mol. The van der Waals surface area contributed by atoms with E-state index in [1.165, 1.54) is 31.0 Å². The van der Waals surface area contributed by atoms with Crippen molar-refractivity contribution >= 4 is 34.1 Å². The lowest BCUT2D eigenvalue weighted by Crippen LogP contribution is -2.33. The predicted molar refractivity (Wildman–Crippen MR) is 63.9 cm³/mol. The highest BCUT2D eigenvalue weighted by molar-refractivity contribution is 8.23. The van der Waals surface area contributed by atoms with E-state index in [1.54, 1.807) is 0 Å². The van der Waals surface area contributed by atoms with Gasteiger partial charge in [0.25, 0.3) is 0 Å². The summed E-state index contributed by atoms with van der Waals surface area (Å²) in [4.78, 5) is 2.19. The Hall–Kier alpha value is -0.490. The van der Waals surface area contributed by atoms with E-state index in [2.05, 4.69) is 10.1 Å². The molecule has 1 rings (SSSR count). The second-order valence-electron chi connectivity index (χ2n) is 3.19. The van der Waals surface area contributed by atoms with Crippen molar-refractivity contribution in [2.45, 2.75) is 19.3 Å². The van der Waals surface area contributed by atoms with Gasteiger partial charge in [0.1, 0.15) is 10.2 Å². The molecular formula is C8H15N3OS2. The number of rotatable bonds is 2. The Labute approximate surface area is 93.5 Å². The van der Waals surface area contributed by atoms with Crippen LogP contribution in [-0.4, -0.2) is 39.1 Å². The molecule has 80 valence electrons. The molecule has 1 fully saturated rings. The lowest BCUT2D eigenvalue weighted by molar-refractivity contribution is 0.318. The van der Waals surface area contributed by atoms with Crippen LogP contribution < -0.4 is 5.73 Å². The van der Waals surface area contributed by atoms with Crippen molar-refractivity contribution in [3.05, 3.63) is 0 Å². The van der Waals surface area contributed by atoms with E-state index in [9.17, 15) is 0 Å². The van der Waals surface area contributed by atoms with E-state index in [0.29, 0.717) is 5.75 Å². The van der Waals surface area contributed by atoms with Gasteiger partial charge in [0.05, 0.1) is 5.75 Å². The number of likely N-dealkylation sites (tertiary alicyclic amines) is 1. The molecule has 0 aromatic heterocycles. The molecule has 1 heterocycles. The smallest absolute Gasteiger partial charge is 0.149 e. The molecule has 14 heavy (non-hydrogen) atoms. The number of thioether (sulfide) groups is 1. The summed E-state index contributed by atoms with van der Waals surface area (Å²) >= 11 is 6.69. The lowest BCUT2D eigenvalue weighted by atomic mass is 10.1. The largest absolute Gasteiger partial charge is 0.409 e. The van der Waals surface area contributed by atoms with Crippen molar-refractivity contribution in [3.63, 3.8) is 0 Å². The molecule has 1 aliphatic heterocycles. The molecule has 0 radical (unpaired) electrons. The summed E-state index contributed by atoms with van der Waals surface area (Å²) < 4.78 is 0.858. The SMILES string of the molecule is N/C(CSC(=S)N1CCCCC1)=N\O. The molecule has 0 aromatic rings. The highest BCUT2D eigenvalue weighted by Crippen LogP contribution is 2.15. The fourth-order valence-corrected chi connectivity index (χ4v) is 2.39. The zero-order chi connectivity index (χ0) is 10.4. The Morgan fingerprint density at radius 1 is 1.43 bits per heavy atom. The van der Waals surface area contributed by atoms with Crippen LogP contribution in [0.5, 0.6) is 0 Å². The first-order valence-electron chi connectivity index (χ1n) is 4.62. The van der Waals surface area contributed by atoms with Gasteiger partial charge in [-0.05, 0) is 19.3 Å². The van der Waals surface area contributed by atoms with Crippen LogP contribution in [0.3, 0.4) is 0 Å². The second-order valence-corrected chi connectivity index (χ2v) is 4.80. The molecule has 0 spiro atoms. The number of piperidine rings is 1. The molecule has 6 heteroatoms. The number of thiocarbonyl (C=S) groups is 1. The normalized spacial score (nSPS) is 18.3. The van der Waals surface area contributed by atoms with Gasteiger partial charge in [-0.2, -0.15) is 0 Å². The predicted octanol–water partition coefficient (Wildman–Crippen LogP) is 1.24. The van der Waals surface area contributed by atoms with Crippen LogP contribution in [0.4, 0.5) is 0 Å². The van der Waals surface area contributed by atoms with Crippen molar-refractivity contribution in [1.29, 1.82) is 0 Å². The molecule has 1 saturated heterocycles. The minimum absolute atomic E-state index is 0.217. The number of nitrogens with two attached hydrogens (primary N) is 1. The molecule has 0 atom stereocenters. The lowest BCUT2D eigenvalue weighted by Gasteiger charge is -2.28. The zero-order valence-electron chi connectivity index (χ0n) is 7.98. The van der Waals surface area contributed by atoms with Crippen molar-refractivity contribution in [2.75, 3.05) is 18.8 Å². The first-order chi connectivity index (χ1) is 6.74. The van der Waals surface area contributed by atoms with Gasteiger partial charge in [0, 0.05) is 13.1 Å². The summed E-state index contributed by atoms with van der Waals surface area (Å²) in [5, 5.41) is 11.3. The van der Waals surface area contributed by atoms with Crippen LogP contribution in [-0.2, 0) is 0 Å². The highest BCUT2D eigenvalue weighted by atomic mass is 32.2.